The summed E-state index contributed by atoms with van der Waals surface area (Å²) < 4.78 is 23.4. The third-order valence-electron chi connectivity index (χ3n) is 6.01. The van der Waals surface area contributed by atoms with Crippen LogP contribution < -0.4 is 10.6 Å². The monoisotopic (exact) mass is 505 g/mol. The van der Waals surface area contributed by atoms with Gasteiger partial charge in [-0.1, -0.05) is 18.6 Å². The summed E-state index contributed by atoms with van der Waals surface area (Å²) in [7, 11) is -1.38. The Bertz CT molecular complexity index is 779. The minimum Gasteiger partial charge on any atom is -0.356 e. The predicted octanol–water partition coefficient (Wildman–Crippen LogP) is 3.51. The van der Waals surface area contributed by atoms with Crippen LogP contribution in [-0.2, 0) is 16.4 Å². The molecule has 0 saturated heterocycles. The number of rotatable bonds is 6. The van der Waals surface area contributed by atoms with Crippen LogP contribution in [0.15, 0.2) is 28.1 Å². The third kappa shape index (κ3) is 5.82. The average Bonchev–Trinajstić information content (AvgIpc) is 3.19. The van der Waals surface area contributed by atoms with Gasteiger partial charge in [-0.3, -0.25) is 4.99 Å². The second kappa shape index (κ2) is 9.58. The molecule has 2 aliphatic rings. The molecule has 2 bridgehead atoms. The van der Waals surface area contributed by atoms with E-state index in [0.29, 0.717) is 11.4 Å². The summed E-state index contributed by atoms with van der Waals surface area (Å²) in [6.45, 7) is 3.42. The first-order chi connectivity index (χ1) is 12.4. The van der Waals surface area contributed by atoms with Crippen molar-refractivity contribution in [3.05, 3.63) is 29.3 Å². The van der Waals surface area contributed by atoms with Crippen molar-refractivity contribution in [1.29, 1.82) is 0 Å². The molecule has 3 unspecified atom stereocenters. The van der Waals surface area contributed by atoms with E-state index in [0.717, 1.165) is 41.4 Å². The zero-order chi connectivity index (χ0) is 18.7. The Hall–Kier alpha value is -0.830. The first-order valence-corrected chi connectivity index (χ1v) is 11.5. The van der Waals surface area contributed by atoms with Crippen molar-refractivity contribution in [2.24, 2.45) is 22.7 Å². The van der Waals surface area contributed by atoms with Gasteiger partial charge in [-0.2, -0.15) is 0 Å². The summed E-state index contributed by atoms with van der Waals surface area (Å²) in [5, 5.41) is 6.74. The lowest BCUT2D eigenvalue weighted by Gasteiger charge is -2.22. The van der Waals surface area contributed by atoms with Gasteiger partial charge >= 0.3 is 0 Å². The van der Waals surface area contributed by atoms with Gasteiger partial charge < -0.3 is 10.6 Å². The summed E-state index contributed by atoms with van der Waals surface area (Å²) >= 11 is 0. The van der Waals surface area contributed by atoms with E-state index in [2.05, 4.69) is 15.6 Å². The summed E-state index contributed by atoms with van der Waals surface area (Å²) in [5.74, 6) is 3.66. The van der Waals surface area contributed by atoms with Crippen LogP contribution in [0, 0.1) is 24.7 Å². The predicted molar refractivity (Wildman–Crippen MR) is 121 cm³/mol. The molecule has 2 saturated carbocycles. The van der Waals surface area contributed by atoms with Crippen LogP contribution in [0.25, 0.3) is 0 Å². The van der Waals surface area contributed by atoms with E-state index in [9.17, 15) is 8.42 Å². The standard InChI is InChI=1S/C20H31N3O2S.HI/c1-14-10-16(5-7-19(14)26(3,24)25)13-23-20(21-2)22-9-8-18-12-15-4-6-17(18)11-15;/h5,7,10,15,17-18H,4,6,8-9,11-13H2,1-3H3,(H2,21,22,23);1H. The summed E-state index contributed by atoms with van der Waals surface area (Å²) in [5.41, 5.74) is 1.83. The van der Waals surface area contributed by atoms with Crippen molar-refractivity contribution in [3.63, 3.8) is 0 Å². The van der Waals surface area contributed by atoms with Crippen molar-refractivity contribution < 1.29 is 8.42 Å². The molecule has 27 heavy (non-hydrogen) atoms. The van der Waals surface area contributed by atoms with Gasteiger partial charge in [0, 0.05) is 26.4 Å². The van der Waals surface area contributed by atoms with E-state index in [1.165, 1.54) is 38.4 Å². The Morgan fingerprint density at radius 2 is 2.00 bits per heavy atom. The molecule has 152 valence electrons. The molecule has 2 fully saturated rings. The van der Waals surface area contributed by atoms with E-state index in [1.54, 1.807) is 13.1 Å². The molecule has 2 N–H and O–H groups in total. The Labute approximate surface area is 180 Å². The van der Waals surface area contributed by atoms with Gasteiger partial charge in [0.05, 0.1) is 4.90 Å². The number of fused-ring (bicyclic) bond motifs is 2. The molecule has 0 radical (unpaired) electrons. The number of nitrogens with one attached hydrogen (secondary N) is 2. The maximum atomic E-state index is 11.7. The lowest BCUT2D eigenvalue weighted by molar-refractivity contribution is 0.315. The number of sulfone groups is 1. The van der Waals surface area contributed by atoms with Crippen LogP contribution >= 0.6 is 24.0 Å². The molecule has 3 atom stereocenters. The molecular formula is C20H32IN3O2S. The summed E-state index contributed by atoms with van der Waals surface area (Å²) in [6, 6.07) is 5.47. The van der Waals surface area contributed by atoms with E-state index >= 15 is 0 Å². The number of hydrogen-bond acceptors (Lipinski definition) is 3. The highest BCUT2D eigenvalue weighted by atomic mass is 127. The van der Waals surface area contributed by atoms with Crippen molar-refractivity contribution in [2.45, 2.75) is 50.5 Å². The van der Waals surface area contributed by atoms with Gasteiger partial charge in [-0.05, 0) is 67.6 Å². The largest absolute Gasteiger partial charge is 0.356 e. The van der Waals surface area contributed by atoms with Crippen molar-refractivity contribution in [3.8, 4) is 0 Å². The molecule has 0 aromatic heterocycles. The van der Waals surface area contributed by atoms with Gasteiger partial charge in [0.25, 0.3) is 0 Å². The minimum absolute atomic E-state index is 0. The minimum atomic E-state index is -3.17. The summed E-state index contributed by atoms with van der Waals surface area (Å²) in [4.78, 5) is 4.69. The fraction of sp³-hybridized carbons (Fsp3) is 0.650. The SMILES string of the molecule is CN=C(NCCC1CC2CCC1C2)NCc1ccc(S(C)(=O)=O)c(C)c1.I. The normalized spacial score (nSPS) is 24.6. The van der Waals surface area contributed by atoms with Gasteiger partial charge in [-0.15, -0.1) is 24.0 Å². The number of aliphatic imine (C=N–C) groups is 1. The highest BCUT2D eigenvalue weighted by Gasteiger charge is 2.38. The molecule has 0 heterocycles. The van der Waals surface area contributed by atoms with Gasteiger partial charge in [0.1, 0.15) is 0 Å². The fourth-order valence-electron chi connectivity index (χ4n) is 4.75. The van der Waals surface area contributed by atoms with E-state index in [4.69, 9.17) is 0 Å². The van der Waals surface area contributed by atoms with Gasteiger partial charge in [-0.25, -0.2) is 8.42 Å². The number of benzene rings is 1. The number of hydrogen-bond donors (Lipinski definition) is 2. The summed E-state index contributed by atoms with van der Waals surface area (Å²) in [6.07, 6.45) is 8.24. The molecule has 1 aromatic carbocycles. The van der Waals surface area contributed by atoms with Crippen LogP contribution in [0.4, 0.5) is 0 Å². The first kappa shape index (κ1) is 22.5. The highest BCUT2D eigenvalue weighted by Crippen LogP contribution is 2.49. The maximum Gasteiger partial charge on any atom is 0.191 e. The molecular weight excluding hydrogens is 473 g/mol. The second-order valence-electron chi connectivity index (χ2n) is 7.95. The zero-order valence-electron chi connectivity index (χ0n) is 16.5. The molecule has 5 nitrogen and oxygen atoms in total. The molecule has 0 amide bonds. The zero-order valence-corrected chi connectivity index (χ0v) is 19.6. The molecule has 7 heteroatoms. The average molecular weight is 505 g/mol. The molecule has 1 aromatic rings. The Morgan fingerprint density at radius 1 is 1.22 bits per heavy atom. The maximum absolute atomic E-state index is 11.7. The lowest BCUT2D eigenvalue weighted by Crippen LogP contribution is -2.38. The van der Waals surface area contributed by atoms with E-state index in [-0.39, 0.29) is 24.0 Å². The topological polar surface area (TPSA) is 70.6 Å². The Kier molecular flexibility index (Phi) is 7.97. The van der Waals surface area contributed by atoms with E-state index < -0.39 is 9.84 Å². The van der Waals surface area contributed by atoms with Crippen molar-refractivity contribution >= 4 is 39.8 Å². The Balaban J connectivity index is 0.00000261. The van der Waals surface area contributed by atoms with Crippen LogP contribution in [0.1, 0.15) is 43.2 Å². The molecule has 3 rings (SSSR count). The van der Waals surface area contributed by atoms with Crippen LogP contribution in [0.2, 0.25) is 0 Å². The fourth-order valence-corrected chi connectivity index (χ4v) is 5.71. The molecule has 0 spiro atoms. The Morgan fingerprint density at radius 3 is 2.56 bits per heavy atom. The van der Waals surface area contributed by atoms with Crippen LogP contribution in [-0.4, -0.2) is 34.2 Å². The third-order valence-corrected chi connectivity index (χ3v) is 7.27. The number of nitrogens with zero attached hydrogens (tertiary/aromatic N) is 1. The number of aryl methyl sites for hydroxylation is 1. The second-order valence-corrected chi connectivity index (χ2v) is 9.93. The van der Waals surface area contributed by atoms with E-state index in [1.807, 2.05) is 19.1 Å². The van der Waals surface area contributed by atoms with Crippen molar-refractivity contribution in [1.82, 2.24) is 10.6 Å². The van der Waals surface area contributed by atoms with Crippen LogP contribution in [0.5, 0.6) is 0 Å². The molecule has 2 aliphatic carbocycles. The van der Waals surface area contributed by atoms with Gasteiger partial charge in [0.2, 0.25) is 0 Å². The van der Waals surface area contributed by atoms with Crippen molar-refractivity contribution in [2.75, 3.05) is 19.8 Å². The lowest BCUT2D eigenvalue weighted by atomic mass is 9.86. The smallest absolute Gasteiger partial charge is 0.191 e. The van der Waals surface area contributed by atoms with Gasteiger partial charge in [0.15, 0.2) is 15.8 Å². The quantitative estimate of drug-likeness (QED) is 0.353. The number of halogens is 1. The first-order valence-electron chi connectivity index (χ1n) is 9.61. The molecule has 0 aliphatic heterocycles. The highest BCUT2D eigenvalue weighted by molar-refractivity contribution is 14.0. The van der Waals surface area contributed by atoms with Crippen LogP contribution in [0.3, 0.4) is 0 Å². The number of guanidine groups is 1.